The smallest absolute Gasteiger partial charge is 0.278 e. The van der Waals surface area contributed by atoms with Crippen molar-refractivity contribution in [3.8, 4) is 17.0 Å². The predicted molar refractivity (Wildman–Crippen MR) is 148 cm³/mol. The van der Waals surface area contributed by atoms with Crippen LogP contribution in [0.3, 0.4) is 0 Å². The van der Waals surface area contributed by atoms with E-state index in [0.717, 1.165) is 18.8 Å². The lowest BCUT2D eigenvalue weighted by atomic mass is 10.2. The molecule has 1 amide bonds. The Hall–Kier alpha value is -4.71. The van der Waals surface area contributed by atoms with E-state index in [1.54, 1.807) is 55.5 Å². The van der Waals surface area contributed by atoms with Crippen LogP contribution in [0.2, 0.25) is 0 Å². The van der Waals surface area contributed by atoms with E-state index in [2.05, 4.69) is 37.1 Å². The highest BCUT2D eigenvalue weighted by atomic mass is 16.5. The van der Waals surface area contributed by atoms with E-state index in [1.165, 1.54) is 10.8 Å². The van der Waals surface area contributed by atoms with E-state index in [9.17, 15) is 9.59 Å². The number of hydrogen-bond acceptors (Lipinski definition) is 9. The van der Waals surface area contributed by atoms with Gasteiger partial charge >= 0.3 is 0 Å². The van der Waals surface area contributed by atoms with Crippen LogP contribution in [0.1, 0.15) is 0 Å². The summed E-state index contributed by atoms with van der Waals surface area (Å²) in [6, 6.07) is 7.00. The monoisotopic (exact) mass is 517 g/mol. The van der Waals surface area contributed by atoms with Crippen molar-refractivity contribution in [1.29, 1.82) is 0 Å². The molecule has 0 aliphatic rings. The third-order valence-corrected chi connectivity index (χ3v) is 5.99. The van der Waals surface area contributed by atoms with Gasteiger partial charge in [0.2, 0.25) is 11.9 Å². The zero-order chi connectivity index (χ0) is 27.4. The first kappa shape index (κ1) is 26.4. The largest absolute Gasteiger partial charge is 0.494 e. The van der Waals surface area contributed by atoms with Crippen LogP contribution in [0.5, 0.6) is 5.75 Å². The molecule has 0 radical (unpaired) electrons. The number of nitrogens with zero attached hydrogens (tertiary/aromatic N) is 7. The van der Waals surface area contributed by atoms with Crippen molar-refractivity contribution >= 4 is 34.6 Å². The van der Waals surface area contributed by atoms with Crippen molar-refractivity contribution in [2.75, 3.05) is 56.9 Å². The highest BCUT2D eigenvalue weighted by Gasteiger charge is 2.19. The molecule has 4 rings (SSSR count). The molecule has 0 saturated carbocycles. The molecule has 1 aromatic carbocycles. The summed E-state index contributed by atoms with van der Waals surface area (Å²) in [5.41, 5.74) is 2.90. The van der Waals surface area contributed by atoms with Crippen LogP contribution in [0.25, 0.3) is 16.9 Å². The van der Waals surface area contributed by atoms with Crippen molar-refractivity contribution < 1.29 is 9.53 Å². The lowest BCUT2D eigenvalue weighted by Crippen LogP contribution is -2.29. The normalized spacial score (nSPS) is 11.0. The second-order valence-electron chi connectivity index (χ2n) is 8.87. The molecule has 0 unspecified atom stereocenters. The molecule has 38 heavy (non-hydrogen) atoms. The van der Waals surface area contributed by atoms with Crippen molar-refractivity contribution in [1.82, 2.24) is 29.0 Å². The Bertz CT molecular complexity index is 1540. The molecule has 2 N–H and O–H groups in total. The molecule has 0 fully saturated rings. The molecular weight excluding hydrogens is 486 g/mol. The first-order valence-corrected chi connectivity index (χ1v) is 11.9. The molecule has 0 atom stereocenters. The van der Waals surface area contributed by atoms with E-state index >= 15 is 0 Å². The van der Waals surface area contributed by atoms with Crippen LogP contribution in [-0.4, -0.2) is 76.3 Å². The van der Waals surface area contributed by atoms with Gasteiger partial charge in [0, 0.05) is 51.8 Å². The average molecular weight is 518 g/mol. The highest BCUT2D eigenvalue weighted by molar-refractivity contribution is 6.02. The van der Waals surface area contributed by atoms with E-state index < -0.39 is 0 Å². The molecule has 3 aromatic heterocycles. The molecule has 0 spiro atoms. The third kappa shape index (κ3) is 5.34. The molecular formula is C26H31N9O3. The quantitative estimate of drug-likeness (QED) is 0.305. The van der Waals surface area contributed by atoms with Gasteiger partial charge in [0.1, 0.15) is 11.3 Å². The van der Waals surface area contributed by atoms with Crippen molar-refractivity contribution in [3.05, 3.63) is 65.9 Å². The van der Waals surface area contributed by atoms with Crippen LogP contribution in [-0.2, 0) is 11.8 Å². The molecule has 12 nitrogen and oxygen atoms in total. The Morgan fingerprint density at radius 3 is 2.66 bits per heavy atom. The maximum Gasteiger partial charge on any atom is 0.278 e. The van der Waals surface area contributed by atoms with Gasteiger partial charge in [-0.25, -0.2) is 24.1 Å². The molecule has 0 saturated heterocycles. The van der Waals surface area contributed by atoms with Gasteiger partial charge in [0.05, 0.1) is 29.9 Å². The van der Waals surface area contributed by atoms with E-state index in [1.807, 2.05) is 32.1 Å². The predicted octanol–water partition coefficient (Wildman–Crippen LogP) is 2.36. The summed E-state index contributed by atoms with van der Waals surface area (Å²) < 4.78 is 8.79. The Morgan fingerprint density at radius 2 is 1.95 bits per heavy atom. The number of nitrogens with one attached hydrogen (secondary N) is 2. The maximum atomic E-state index is 13.0. The zero-order valence-corrected chi connectivity index (χ0v) is 22.1. The number of carbonyl (C=O) groups is 1. The number of anilines is 4. The van der Waals surface area contributed by atoms with Gasteiger partial charge in [-0.15, -0.1) is 0 Å². The van der Waals surface area contributed by atoms with Crippen LogP contribution >= 0.6 is 0 Å². The van der Waals surface area contributed by atoms with Gasteiger partial charge in [-0.3, -0.25) is 9.59 Å². The molecule has 12 heteroatoms. The lowest BCUT2D eigenvalue weighted by molar-refractivity contribution is -0.111. The van der Waals surface area contributed by atoms with Crippen molar-refractivity contribution in [3.63, 3.8) is 0 Å². The Labute approximate surface area is 220 Å². The standard InChI is InChI=1S/C26H31N9O3/c1-7-22(36)29-18-15-19(21(38-6)16-20(18)33(4)14-13-32(2)3)31-26-28-11-9-17(30-26)23-24-27-10-8-12-35(24)34(5)25(23)37/h7-12,15-16H,1,13-14H2,2-6H3,(H,29,36)(H,28,30,31). The number of hydrogen-bond donors (Lipinski definition) is 2. The number of fused-ring (bicyclic) bond motifs is 1. The van der Waals surface area contributed by atoms with Gasteiger partial charge < -0.3 is 25.2 Å². The summed E-state index contributed by atoms with van der Waals surface area (Å²) >= 11 is 0. The third-order valence-electron chi connectivity index (χ3n) is 5.99. The van der Waals surface area contributed by atoms with Gasteiger partial charge in [0.25, 0.3) is 5.56 Å². The Balaban J connectivity index is 1.74. The molecule has 3 heterocycles. The van der Waals surface area contributed by atoms with E-state index in [-0.39, 0.29) is 17.4 Å². The lowest BCUT2D eigenvalue weighted by Gasteiger charge is -2.26. The first-order valence-electron chi connectivity index (χ1n) is 11.9. The zero-order valence-electron chi connectivity index (χ0n) is 22.1. The number of methoxy groups -OCH3 is 1. The molecule has 198 valence electrons. The van der Waals surface area contributed by atoms with Crippen LogP contribution in [0.15, 0.2) is 60.3 Å². The number of likely N-dealkylation sites (N-methyl/N-ethyl adjacent to an activating group) is 2. The average Bonchev–Trinajstić information content (AvgIpc) is 3.17. The van der Waals surface area contributed by atoms with Crippen LogP contribution < -0.4 is 25.8 Å². The first-order chi connectivity index (χ1) is 18.2. The summed E-state index contributed by atoms with van der Waals surface area (Å²) in [4.78, 5) is 42.6. The van der Waals surface area contributed by atoms with E-state index in [4.69, 9.17) is 4.74 Å². The summed E-state index contributed by atoms with van der Waals surface area (Å²) in [6.07, 6.45) is 6.16. The number of rotatable bonds is 10. The van der Waals surface area contributed by atoms with Gasteiger partial charge in [-0.2, -0.15) is 0 Å². The number of amides is 1. The van der Waals surface area contributed by atoms with Gasteiger partial charge in [-0.1, -0.05) is 6.58 Å². The minimum atomic E-state index is -0.342. The molecule has 4 aromatic rings. The number of aromatic nitrogens is 5. The second-order valence-corrected chi connectivity index (χ2v) is 8.87. The number of aryl methyl sites for hydroxylation is 1. The second kappa shape index (κ2) is 11.1. The summed E-state index contributed by atoms with van der Waals surface area (Å²) in [6.45, 7) is 5.10. The van der Waals surface area contributed by atoms with Crippen LogP contribution in [0.4, 0.5) is 23.0 Å². The maximum absolute atomic E-state index is 13.0. The van der Waals surface area contributed by atoms with Crippen molar-refractivity contribution in [2.45, 2.75) is 0 Å². The summed E-state index contributed by atoms with van der Waals surface area (Å²) in [7, 11) is 9.17. The summed E-state index contributed by atoms with van der Waals surface area (Å²) in [5, 5.41) is 6.04. The minimum Gasteiger partial charge on any atom is -0.494 e. The van der Waals surface area contributed by atoms with Gasteiger partial charge in [-0.05, 0) is 38.4 Å². The fourth-order valence-electron chi connectivity index (χ4n) is 3.95. The minimum absolute atomic E-state index is 0.231. The molecule has 0 aliphatic heterocycles. The Kier molecular flexibility index (Phi) is 7.72. The highest BCUT2D eigenvalue weighted by Crippen LogP contribution is 2.38. The topological polar surface area (TPSA) is 122 Å². The van der Waals surface area contributed by atoms with Crippen molar-refractivity contribution in [2.24, 2.45) is 7.05 Å². The SMILES string of the molecule is C=CC(=O)Nc1cc(Nc2nccc(-c3c(=O)n(C)n4cccnc34)n2)c(OC)cc1N(C)CCN(C)C. The number of benzene rings is 1. The number of ether oxygens (including phenoxy) is 1. The van der Waals surface area contributed by atoms with E-state index in [0.29, 0.717) is 34.0 Å². The fraction of sp³-hybridized carbons (Fsp3) is 0.269. The summed E-state index contributed by atoms with van der Waals surface area (Å²) in [5.74, 6) is 0.424. The molecule has 0 bridgehead atoms. The number of carbonyl (C=O) groups excluding carboxylic acids is 1. The Morgan fingerprint density at radius 1 is 1.16 bits per heavy atom. The van der Waals surface area contributed by atoms with Crippen LogP contribution in [0, 0.1) is 0 Å². The van der Waals surface area contributed by atoms with Gasteiger partial charge in [0.15, 0.2) is 5.65 Å². The fourth-order valence-corrected chi connectivity index (χ4v) is 3.95. The molecule has 0 aliphatic carbocycles.